The van der Waals surface area contributed by atoms with E-state index in [0.717, 1.165) is 6.08 Å². The Kier molecular flexibility index (Phi) is 4.13. The highest BCUT2D eigenvalue weighted by Gasteiger charge is 1.83. The van der Waals surface area contributed by atoms with Gasteiger partial charge in [0.2, 0.25) is 0 Å². The highest BCUT2D eigenvalue weighted by atomic mass is 19.1. The summed E-state index contributed by atoms with van der Waals surface area (Å²) in [6.07, 6.45) is 3.08. The van der Waals surface area contributed by atoms with Crippen LogP contribution in [0.15, 0.2) is 24.6 Å². The molecule has 46 valence electrons. The molecule has 0 N–H and O–H groups in total. The van der Waals surface area contributed by atoms with Crippen molar-refractivity contribution in [2.24, 2.45) is 0 Å². The van der Waals surface area contributed by atoms with Crippen LogP contribution in [0.1, 0.15) is 6.92 Å². The smallest absolute Gasteiger partial charge is 0.116 e. The van der Waals surface area contributed by atoms with E-state index >= 15 is 0 Å². The molecule has 0 amide bonds. The van der Waals surface area contributed by atoms with Crippen molar-refractivity contribution in [3.05, 3.63) is 24.6 Å². The third-order valence-corrected chi connectivity index (χ3v) is 0.560. The second-order valence-corrected chi connectivity index (χ2v) is 1.38. The molecule has 0 rings (SSSR count). The maximum atomic E-state index is 11.8. The topological polar surface area (TPSA) is 0 Å². The zero-order valence-electron chi connectivity index (χ0n) is 4.64. The molecule has 8 heavy (non-hydrogen) atoms. The number of alkyl halides is 1. The van der Waals surface area contributed by atoms with Gasteiger partial charge in [-0.1, -0.05) is 12.2 Å². The highest BCUT2D eigenvalue weighted by molar-refractivity contribution is 5.01. The lowest BCUT2D eigenvalue weighted by atomic mass is 10.4. The second kappa shape index (κ2) is 4.50. The maximum absolute atomic E-state index is 11.8. The minimum absolute atomic E-state index is 0.360. The normalized spacial score (nSPS) is 15.9. The van der Waals surface area contributed by atoms with Crippen LogP contribution in [0.25, 0.3) is 0 Å². The van der Waals surface area contributed by atoms with Crippen LogP contribution in [-0.4, -0.2) is 6.17 Å². The van der Waals surface area contributed by atoms with Gasteiger partial charge in [-0.2, -0.15) is 0 Å². The molecule has 0 nitrogen and oxygen atoms in total. The summed E-state index contributed by atoms with van der Waals surface area (Å²) < 4.78 is 22.9. The molecule has 0 unspecified atom stereocenters. The van der Waals surface area contributed by atoms with E-state index in [0.29, 0.717) is 6.33 Å². The highest BCUT2D eigenvalue weighted by Crippen LogP contribution is 1.89. The summed E-state index contributed by atoms with van der Waals surface area (Å²) in [6.45, 7) is 1.38. The van der Waals surface area contributed by atoms with E-state index in [4.69, 9.17) is 0 Å². The van der Waals surface area contributed by atoms with Gasteiger partial charge >= 0.3 is 0 Å². The SMILES string of the molecule is C[C@H](F)/C=C\C=C\F. The fraction of sp³-hybridized carbons (Fsp3) is 0.333. The van der Waals surface area contributed by atoms with E-state index in [2.05, 4.69) is 0 Å². The minimum atomic E-state index is -0.994. The Bertz CT molecular complexity index is 92.7. The summed E-state index contributed by atoms with van der Waals surface area (Å²) in [6, 6.07) is 0. The minimum Gasteiger partial charge on any atom is -0.243 e. The van der Waals surface area contributed by atoms with Crippen LogP contribution in [0.3, 0.4) is 0 Å². The Balaban J connectivity index is 3.34. The van der Waals surface area contributed by atoms with Gasteiger partial charge in [0.25, 0.3) is 0 Å². The molecule has 0 radical (unpaired) electrons. The Hall–Kier alpha value is -0.660. The van der Waals surface area contributed by atoms with Crippen molar-refractivity contribution in [3.63, 3.8) is 0 Å². The monoisotopic (exact) mass is 118 g/mol. The standard InChI is InChI=1S/C6H8F2/c1-6(8)4-2-3-5-7/h2-6H,1H3/b4-2-,5-3+/t6-/m0/s1. The third-order valence-electron chi connectivity index (χ3n) is 0.560. The van der Waals surface area contributed by atoms with Gasteiger partial charge in [-0.3, -0.25) is 0 Å². The van der Waals surface area contributed by atoms with Crippen LogP contribution in [0, 0.1) is 0 Å². The zero-order valence-corrected chi connectivity index (χ0v) is 4.64. The molecule has 2 heteroatoms. The Morgan fingerprint density at radius 2 is 2.00 bits per heavy atom. The van der Waals surface area contributed by atoms with Crippen molar-refractivity contribution in [1.82, 2.24) is 0 Å². The predicted octanol–water partition coefficient (Wildman–Crippen LogP) is 2.38. The van der Waals surface area contributed by atoms with Gasteiger partial charge in [0.15, 0.2) is 0 Å². The molecule has 0 heterocycles. The number of hydrogen-bond acceptors (Lipinski definition) is 0. The summed E-state index contributed by atoms with van der Waals surface area (Å²) in [5, 5.41) is 0. The van der Waals surface area contributed by atoms with Gasteiger partial charge in [-0.05, 0) is 13.0 Å². The molecule has 0 saturated carbocycles. The van der Waals surface area contributed by atoms with Crippen LogP contribution in [0.2, 0.25) is 0 Å². The lowest BCUT2D eigenvalue weighted by Crippen LogP contribution is -1.80. The van der Waals surface area contributed by atoms with E-state index in [1.807, 2.05) is 0 Å². The average molecular weight is 118 g/mol. The molecule has 0 aliphatic heterocycles. The van der Waals surface area contributed by atoms with Crippen LogP contribution in [-0.2, 0) is 0 Å². The zero-order chi connectivity index (χ0) is 6.41. The van der Waals surface area contributed by atoms with Crippen molar-refractivity contribution in [3.8, 4) is 0 Å². The fourth-order valence-electron chi connectivity index (χ4n) is 0.259. The van der Waals surface area contributed by atoms with Gasteiger partial charge < -0.3 is 0 Å². The molecule has 0 fully saturated rings. The van der Waals surface area contributed by atoms with Crippen molar-refractivity contribution in [2.75, 3.05) is 0 Å². The van der Waals surface area contributed by atoms with Gasteiger partial charge in [-0.15, -0.1) is 0 Å². The van der Waals surface area contributed by atoms with Crippen LogP contribution >= 0.6 is 0 Å². The molecule has 0 aliphatic rings. The van der Waals surface area contributed by atoms with E-state index in [9.17, 15) is 8.78 Å². The predicted molar refractivity (Wildman–Crippen MR) is 30.0 cm³/mol. The molecule has 0 aliphatic carbocycles. The molecular weight excluding hydrogens is 110 g/mol. The maximum Gasteiger partial charge on any atom is 0.116 e. The van der Waals surface area contributed by atoms with E-state index in [1.54, 1.807) is 0 Å². The lowest BCUT2D eigenvalue weighted by Gasteiger charge is -1.83. The van der Waals surface area contributed by atoms with Crippen molar-refractivity contribution < 1.29 is 8.78 Å². The first kappa shape index (κ1) is 7.34. The van der Waals surface area contributed by atoms with Crippen LogP contribution in [0.5, 0.6) is 0 Å². The van der Waals surface area contributed by atoms with Crippen LogP contribution in [0.4, 0.5) is 8.78 Å². The van der Waals surface area contributed by atoms with Crippen molar-refractivity contribution in [1.29, 1.82) is 0 Å². The van der Waals surface area contributed by atoms with E-state index < -0.39 is 6.17 Å². The lowest BCUT2D eigenvalue weighted by molar-refractivity contribution is 0.430. The fourth-order valence-corrected chi connectivity index (χ4v) is 0.259. The summed E-state index contributed by atoms with van der Waals surface area (Å²) >= 11 is 0. The summed E-state index contributed by atoms with van der Waals surface area (Å²) in [7, 11) is 0. The average Bonchev–Trinajstić information content (AvgIpc) is 1.66. The molecule has 0 spiro atoms. The Morgan fingerprint density at radius 1 is 1.38 bits per heavy atom. The molecule has 0 bridgehead atoms. The molecule has 0 aromatic heterocycles. The summed E-state index contributed by atoms with van der Waals surface area (Å²) in [4.78, 5) is 0. The van der Waals surface area contributed by atoms with E-state index in [1.165, 1.54) is 19.1 Å². The number of allylic oxidation sites excluding steroid dienone is 3. The molecular formula is C6H8F2. The molecule has 0 aromatic carbocycles. The first-order chi connectivity index (χ1) is 3.77. The summed E-state index contributed by atoms with van der Waals surface area (Å²) in [5.74, 6) is 0. The van der Waals surface area contributed by atoms with Crippen molar-refractivity contribution >= 4 is 0 Å². The third kappa shape index (κ3) is 5.34. The molecule has 0 aromatic rings. The van der Waals surface area contributed by atoms with Crippen molar-refractivity contribution in [2.45, 2.75) is 13.1 Å². The van der Waals surface area contributed by atoms with Gasteiger partial charge in [0.1, 0.15) is 6.17 Å². The van der Waals surface area contributed by atoms with Crippen LogP contribution < -0.4 is 0 Å². The van der Waals surface area contributed by atoms with E-state index in [-0.39, 0.29) is 0 Å². The largest absolute Gasteiger partial charge is 0.243 e. The van der Waals surface area contributed by atoms with Gasteiger partial charge in [-0.25, -0.2) is 8.78 Å². The van der Waals surface area contributed by atoms with Gasteiger partial charge in [0, 0.05) is 0 Å². The molecule has 1 atom stereocenters. The number of rotatable bonds is 2. The number of halogens is 2. The first-order valence-electron chi connectivity index (χ1n) is 2.35. The number of hydrogen-bond donors (Lipinski definition) is 0. The Morgan fingerprint density at radius 3 is 2.38 bits per heavy atom. The Labute approximate surface area is 47.5 Å². The summed E-state index contributed by atoms with van der Waals surface area (Å²) in [5.41, 5.74) is 0. The first-order valence-corrected chi connectivity index (χ1v) is 2.35. The molecule has 0 saturated heterocycles. The quantitative estimate of drug-likeness (QED) is 0.488. The second-order valence-electron chi connectivity index (χ2n) is 1.38. The van der Waals surface area contributed by atoms with Gasteiger partial charge in [0.05, 0.1) is 6.33 Å².